The van der Waals surface area contributed by atoms with Crippen molar-refractivity contribution in [1.29, 1.82) is 0 Å². The largest absolute Gasteiger partial charge is 0.490 e. The van der Waals surface area contributed by atoms with Crippen LogP contribution in [0, 0.1) is 0 Å². The van der Waals surface area contributed by atoms with Crippen LogP contribution in [0.15, 0.2) is 22.9 Å². The molecule has 0 aliphatic heterocycles. The molecule has 0 spiro atoms. The Morgan fingerprint density at radius 2 is 2.14 bits per heavy atom. The van der Waals surface area contributed by atoms with Crippen LogP contribution in [0.5, 0.6) is 5.75 Å². The molecule has 0 amide bonds. The monoisotopic (exact) mass is 259 g/mol. The molecule has 0 fully saturated rings. The molecular formula is C10H14BrNO2. The van der Waals surface area contributed by atoms with Crippen LogP contribution in [0.4, 0.5) is 0 Å². The van der Waals surface area contributed by atoms with Crippen LogP contribution in [0.2, 0.25) is 0 Å². The molecule has 0 atom stereocenters. The predicted octanol–water partition coefficient (Wildman–Crippen LogP) is 2.65. The highest BCUT2D eigenvalue weighted by atomic mass is 79.9. The molecule has 0 bridgehead atoms. The van der Waals surface area contributed by atoms with Gasteiger partial charge in [0.05, 0.1) is 18.9 Å². The van der Waals surface area contributed by atoms with Gasteiger partial charge in [-0.15, -0.1) is 0 Å². The zero-order valence-electron chi connectivity index (χ0n) is 8.37. The standard InChI is InChI=1S/C10H14BrNO2/c1-8(2)13-3-4-14-10-5-9(11)6-12-7-10/h5-8H,3-4H2,1-2H3. The zero-order chi connectivity index (χ0) is 10.4. The summed E-state index contributed by atoms with van der Waals surface area (Å²) in [6, 6.07) is 1.88. The van der Waals surface area contributed by atoms with Crippen molar-refractivity contribution >= 4 is 15.9 Å². The Morgan fingerprint density at radius 1 is 1.36 bits per heavy atom. The SMILES string of the molecule is CC(C)OCCOc1cncc(Br)c1. The maximum Gasteiger partial charge on any atom is 0.138 e. The predicted molar refractivity (Wildman–Crippen MR) is 58.5 cm³/mol. The second-order valence-electron chi connectivity index (χ2n) is 3.11. The van der Waals surface area contributed by atoms with Gasteiger partial charge in [0.15, 0.2) is 0 Å². The number of hydrogen-bond acceptors (Lipinski definition) is 3. The van der Waals surface area contributed by atoms with E-state index in [9.17, 15) is 0 Å². The van der Waals surface area contributed by atoms with E-state index in [1.54, 1.807) is 12.4 Å². The summed E-state index contributed by atoms with van der Waals surface area (Å²) in [5, 5.41) is 0. The van der Waals surface area contributed by atoms with Crippen molar-refractivity contribution in [3.8, 4) is 5.75 Å². The van der Waals surface area contributed by atoms with Crippen molar-refractivity contribution in [3.63, 3.8) is 0 Å². The molecule has 0 aromatic carbocycles. The van der Waals surface area contributed by atoms with E-state index in [4.69, 9.17) is 9.47 Å². The molecule has 0 aliphatic carbocycles. The minimum Gasteiger partial charge on any atom is -0.490 e. The Labute approximate surface area is 92.6 Å². The fraction of sp³-hybridized carbons (Fsp3) is 0.500. The van der Waals surface area contributed by atoms with Crippen molar-refractivity contribution < 1.29 is 9.47 Å². The van der Waals surface area contributed by atoms with Crippen molar-refractivity contribution in [2.45, 2.75) is 20.0 Å². The molecule has 0 saturated heterocycles. The lowest BCUT2D eigenvalue weighted by Gasteiger charge is -2.08. The maximum atomic E-state index is 5.42. The molecule has 1 heterocycles. The van der Waals surface area contributed by atoms with E-state index in [1.165, 1.54) is 0 Å². The third kappa shape index (κ3) is 4.58. The first-order valence-electron chi connectivity index (χ1n) is 4.53. The molecule has 3 nitrogen and oxygen atoms in total. The fourth-order valence-electron chi connectivity index (χ4n) is 0.915. The summed E-state index contributed by atoms with van der Waals surface area (Å²) >= 11 is 3.32. The summed E-state index contributed by atoms with van der Waals surface area (Å²) in [6.45, 7) is 5.15. The average Bonchev–Trinajstić information content (AvgIpc) is 2.12. The van der Waals surface area contributed by atoms with Crippen LogP contribution >= 0.6 is 15.9 Å². The number of hydrogen-bond donors (Lipinski definition) is 0. The number of ether oxygens (including phenoxy) is 2. The molecule has 14 heavy (non-hydrogen) atoms. The zero-order valence-corrected chi connectivity index (χ0v) is 9.95. The molecule has 4 heteroatoms. The fourth-order valence-corrected chi connectivity index (χ4v) is 1.26. The van der Waals surface area contributed by atoms with E-state index in [1.807, 2.05) is 19.9 Å². The van der Waals surface area contributed by atoms with Gasteiger partial charge in [-0.1, -0.05) is 0 Å². The molecule has 0 aliphatic rings. The minimum absolute atomic E-state index is 0.249. The van der Waals surface area contributed by atoms with Gasteiger partial charge in [-0.25, -0.2) is 0 Å². The Morgan fingerprint density at radius 3 is 2.79 bits per heavy atom. The van der Waals surface area contributed by atoms with Crippen molar-refractivity contribution in [2.24, 2.45) is 0 Å². The summed E-state index contributed by atoms with van der Waals surface area (Å²) in [7, 11) is 0. The van der Waals surface area contributed by atoms with Crippen LogP contribution in [-0.2, 0) is 4.74 Å². The molecule has 1 aromatic heterocycles. The van der Waals surface area contributed by atoms with Gasteiger partial charge < -0.3 is 9.47 Å². The molecule has 1 aromatic rings. The molecular weight excluding hydrogens is 246 g/mol. The van der Waals surface area contributed by atoms with Crippen LogP contribution in [0.1, 0.15) is 13.8 Å². The molecule has 1 rings (SSSR count). The summed E-state index contributed by atoms with van der Waals surface area (Å²) in [5.41, 5.74) is 0. The summed E-state index contributed by atoms with van der Waals surface area (Å²) < 4.78 is 11.7. The highest BCUT2D eigenvalue weighted by Crippen LogP contribution is 2.15. The van der Waals surface area contributed by atoms with Crippen LogP contribution in [0.25, 0.3) is 0 Å². The third-order valence-electron chi connectivity index (χ3n) is 1.48. The highest BCUT2D eigenvalue weighted by molar-refractivity contribution is 9.10. The lowest BCUT2D eigenvalue weighted by molar-refractivity contribution is 0.0552. The van der Waals surface area contributed by atoms with Gasteiger partial charge >= 0.3 is 0 Å². The van der Waals surface area contributed by atoms with Crippen molar-refractivity contribution in [3.05, 3.63) is 22.9 Å². The Hall–Kier alpha value is -0.610. The highest BCUT2D eigenvalue weighted by Gasteiger charge is 1.96. The quantitative estimate of drug-likeness (QED) is 0.762. The minimum atomic E-state index is 0.249. The van der Waals surface area contributed by atoms with E-state index >= 15 is 0 Å². The smallest absolute Gasteiger partial charge is 0.138 e. The topological polar surface area (TPSA) is 31.4 Å². The number of halogens is 1. The van der Waals surface area contributed by atoms with Gasteiger partial charge in [0.2, 0.25) is 0 Å². The first-order valence-corrected chi connectivity index (χ1v) is 5.32. The first kappa shape index (κ1) is 11.5. The third-order valence-corrected chi connectivity index (χ3v) is 1.92. The van der Waals surface area contributed by atoms with E-state index in [0.29, 0.717) is 13.2 Å². The number of aromatic nitrogens is 1. The Balaban J connectivity index is 2.25. The van der Waals surface area contributed by atoms with Crippen molar-refractivity contribution in [1.82, 2.24) is 4.98 Å². The van der Waals surface area contributed by atoms with Gasteiger partial charge in [-0.2, -0.15) is 0 Å². The summed E-state index contributed by atoms with van der Waals surface area (Å²) in [6.07, 6.45) is 3.65. The molecule has 0 unspecified atom stereocenters. The molecule has 0 radical (unpaired) electrons. The van der Waals surface area contributed by atoms with Gasteiger partial charge in [0, 0.05) is 10.7 Å². The first-order chi connectivity index (χ1) is 6.68. The lowest BCUT2D eigenvalue weighted by Crippen LogP contribution is -2.11. The second kappa shape index (κ2) is 5.98. The van der Waals surface area contributed by atoms with Crippen LogP contribution in [-0.4, -0.2) is 24.3 Å². The summed E-state index contributed by atoms with van der Waals surface area (Å²) in [4.78, 5) is 3.99. The van der Waals surface area contributed by atoms with Gasteiger partial charge in [-0.3, -0.25) is 4.98 Å². The average molecular weight is 260 g/mol. The van der Waals surface area contributed by atoms with E-state index < -0.39 is 0 Å². The van der Waals surface area contributed by atoms with Crippen LogP contribution < -0.4 is 4.74 Å². The lowest BCUT2D eigenvalue weighted by atomic mass is 10.4. The van der Waals surface area contributed by atoms with Gasteiger partial charge in [0.1, 0.15) is 12.4 Å². The van der Waals surface area contributed by atoms with E-state index in [-0.39, 0.29) is 6.10 Å². The van der Waals surface area contributed by atoms with Gasteiger partial charge in [0.25, 0.3) is 0 Å². The molecule has 0 saturated carbocycles. The maximum absolute atomic E-state index is 5.42. The Kier molecular flexibility index (Phi) is 4.90. The Bertz CT molecular complexity index is 279. The molecule has 78 valence electrons. The summed E-state index contributed by atoms with van der Waals surface area (Å²) in [5.74, 6) is 0.756. The van der Waals surface area contributed by atoms with E-state index in [0.717, 1.165) is 10.2 Å². The van der Waals surface area contributed by atoms with Crippen molar-refractivity contribution in [2.75, 3.05) is 13.2 Å². The van der Waals surface area contributed by atoms with Crippen LogP contribution in [0.3, 0.4) is 0 Å². The second-order valence-corrected chi connectivity index (χ2v) is 4.02. The number of nitrogens with zero attached hydrogens (tertiary/aromatic N) is 1. The van der Waals surface area contributed by atoms with E-state index in [2.05, 4.69) is 20.9 Å². The van der Waals surface area contributed by atoms with Gasteiger partial charge in [-0.05, 0) is 35.8 Å². The normalized spacial score (nSPS) is 10.6. The number of rotatable bonds is 5. The number of pyridine rings is 1. The molecule has 0 N–H and O–H groups in total.